The molecule has 4 unspecified atom stereocenters. The van der Waals surface area contributed by atoms with Gasteiger partial charge in [-0.25, -0.2) is 0 Å². The van der Waals surface area contributed by atoms with Crippen molar-refractivity contribution in [3.8, 4) is 0 Å². The molecule has 0 aromatic heterocycles. The zero-order valence-electron chi connectivity index (χ0n) is 4.72. The van der Waals surface area contributed by atoms with Gasteiger partial charge in [-0.3, -0.25) is 0 Å². The largest absolute Gasteiger partial charge is 0.0876 e. The second-order valence-corrected chi connectivity index (χ2v) is 3.95. The van der Waals surface area contributed by atoms with Crippen molar-refractivity contribution in [1.29, 1.82) is 0 Å². The van der Waals surface area contributed by atoms with Crippen molar-refractivity contribution in [3.05, 3.63) is 12.2 Å². The van der Waals surface area contributed by atoms with Crippen molar-refractivity contribution in [2.75, 3.05) is 0 Å². The maximum atomic E-state index is 2.46. The van der Waals surface area contributed by atoms with Crippen LogP contribution in [-0.2, 0) is 0 Å². The number of allylic oxidation sites excluding steroid dienone is 2. The zero-order valence-corrected chi connectivity index (χ0v) is 4.72. The van der Waals surface area contributed by atoms with Crippen LogP contribution in [0.2, 0.25) is 0 Å². The fraction of sp³-hybridized carbons (Fsp3) is 0.750. The van der Waals surface area contributed by atoms with E-state index < -0.39 is 0 Å². The van der Waals surface area contributed by atoms with Gasteiger partial charge in [-0.05, 0) is 35.5 Å². The molecular weight excluding hydrogens is 96.1 g/mol. The molecule has 0 nitrogen and oxygen atoms in total. The summed E-state index contributed by atoms with van der Waals surface area (Å²) in [6.45, 7) is 0. The van der Waals surface area contributed by atoms with Crippen LogP contribution < -0.4 is 0 Å². The molecule has 3 fully saturated rings. The fourth-order valence-corrected chi connectivity index (χ4v) is 3.62. The van der Waals surface area contributed by atoms with Crippen molar-refractivity contribution >= 4 is 0 Å². The van der Waals surface area contributed by atoms with Crippen LogP contribution in [0.15, 0.2) is 12.2 Å². The van der Waals surface area contributed by atoms with Crippen LogP contribution in [-0.4, -0.2) is 0 Å². The standard InChI is InChI=1S/C8H8/c1-2-5-7(3-1)6-4-8(5,6)7/h1-2,5-6H,3-4H2. The third-order valence-corrected chi connectivity index (χ3v) is 4.22. The van der Waals surface area contributed by atoms with Crippen LogP contribution in [0.1, 0.15) is 12.8 Å². The maximum absolute atomic E-state index is 2.46. The Hall–Kier alpha value is -0.260. The highest BCUT2D eigenvalue weighted by Gasteiger charge is 3.06. The summed E-state index contributed by atoms with van der Waals surface area (Å²) in [5, 5.41) is 0. The lowest BCUT2D eigenvalue weighted by molar-refractivity contribution is 0.524. The van der Waals surface area contributed by atoms with E-state index in [0.29, 0.717) is 0 Å². The summed E-state index contributed by atoms with van der Waals surface area (Å²) in [5.74, 6) is 2.33. The van der Waals surface area contributed by atoms with Crippen LogP contribution in [0.25, 0.3) is 0 Å². The van der Waals surface area contributed by atoms with E-state index in [1.807, 2.05) is 0 Å². The average Bonchev–Trinajstić information content (AvgIpc) is 2.62. The normalized spacial score (nSPS) is 85.0. The molecule has 0 N–H and O–H groups in total. The molecule has 0 saturated heterocycles. The van der Waals surface area contributed by atoms with E-state index >= 15 is 0 Å². The van der Waals surface area contributed by atoms with Crippen LogP contribution in [0.4, 0.5) is 0 Å². The van der Waals surface area contributed by atoms with Gasteiger partial charge >= 0.3 is 0 Å². The van der Waals surface area contributed by atoms with Gasteiger partial charge in [0.05, 0.1) is 0 Å². The molecule has 4 rings (SSSR count). The summed E-state index contributed by atoms with van der Waals surface area (Å²) in [5.41, 5.74) is 1.94. The molecule has 40 valence electrons. The molecule has 0 radical (unpaired) electrons. The van der Waals surface area contributed by atoms with Gasteiger partial charge in [-0.15, -0.1) is 0 Å². The minimum absolute atomic E-state index is 0.951. The Kier molecular flexibility index (Phi) is 0.179. The topological polar surface area (TPSA) is 0 Å². The van der Waals surface area contributed by atoms with E-state index in [0.717, 1.165) is 16.7 Å². The van der Waals surface area contributed by atoms with E-state index in [2.05, 4.69) is 12.2 Å². The molecule has 0 heterocycles. The van der Waals surface area contributed by atoms with Crippen LogP contribution in [0.5, 0.6) is 0 Å². The smallest absolute Gasteiger partial charge is 0.00950 e. The van der Waals surface area contributed by atoms with E-state index in [9.17, 15) is 0 Å². The van der Waals surface area contributed by atoms with Crippen molar-refractivity contribution in [3.63, 3.8) is 0 Å². The minimum atomic E-state index is 0.951. The highest BCUT2D eigenvalue weighted by atomic mass is 15.1. The van der Waals surface area contributed by atoms with Crippen molar-refractivity contribution in [2.24, 2.45) is 22.7 Å². The quantitative estimate of drug-likeness (QED) is 0.409. The first-order valence-corrected chi connectivity index (χ1v) is 3.59. The molecular formula is C8H8. The van der Waals surface area contributed by atoms with E-state index in [1.165, 1.54) is 12.3 Å². The molecule has 0 heteroatoms. The second kappa shape index (κ2) is 0.470. The number of hydrogen-bond acceptors (Lipinski definition) is 0. The molecule has 4 aliphatic rings. The Morgan fingerprint density at radius 3 is 2.75 bits per heavy atom. The lowest BCUT2D eigenvalue weighted by Gasteiger charge is -1.98. The summed E-state index contributed by atoms with van der Waals surface area (Å²) < 4.78 is 0. The second-order valence-electron chi connectivity index (χ2n) is 3.95. The van der Waals surface area contributed by atoms with E-state index in [-0.39, 0.29) is 0 Å². The van der Waals surface area contributed by atoms with Gasteiger partial charge in [0.1, 0.15) is 0 Å². The van der Waals surface area contributed by atoms with Crippen LogP contribution >= 0.6 is 0 Å². The first-order valence-electron chi connectivity index (χ1n) is 3.59. The predicted molar refractivity (Wildman–Crippen MR) is 30.2 cm³/mol. The van der Waals surface area contributed by atoms with Gasteiger partial charge in [-0.1, -0.05) is 12.2 Å². The third-order valence-electron chi connectivity index (χ3n) is 4.22. The SMILES string of the molecule is C1=CC2C3(C1)C1CC213. The highest BCUT2D eigenvalue weighted by molar-refractivity contribution is 5.59. The first-order chi connectivity index (χ1) is 3.93. The van der Waals surface area contributed by atoms with Gasteiger partial charge in [0, 0.05) is 0 Å². The number of hydrogen-bond donors (Lipinski definition) is 0. The summed E-state index contributed by atoms with van der Waals surface area (Å²) in [6, 6.07) is 0. The van der Waals surface area contributed by atoms with Gasteiger partial charge < -0.3 is 0 Å². The molecule has 0 bridgehead atoms. The first kappa shape index (κ1) is 3.05. The van der Waals surface area contributed by atoms with Gasteiger partial charge in [0.25, 0.3) is 0 Å². The molecule has 4 atom stereocenters. The summed E-state index contributed by atoms with van der Waals surface area (Å²) >= 11 is 0. The summed E-state index contributed by atoms with van der Waals surface area (Å²) in [6.07, 6.45) is 7.90. The fourth-order valence-electron chi connectivity index (χ4n) is 3.62. The third kappa shape index (κ3) is 0.0859. The van der Waals surface area contributed by atoms with Gasteiger partial charge in [0.2, 0.25) is 0 Å². The predicted octanol–water partition coefficient (Wildman–Crippen LogP) is 1.58. The zero-order chi connectivity index (χ0) is 4.98. The van der Waals surface area contributed by atoms with Gasteiger partial charge in [0.15, 0.2) is 0 Å². The Morgan fingerprint density at radius 1 is 1.38 bits per heavy atom. The van der Waals surface area contributed by atoms with E-state index in [4.69, 9.17) is 0 Å². The Morgan fingerprint density at radius 2 is 2.38 bits per heavy atom. The minimum Gasteiger partial charge on any atom is -0.0876 e. The van der Waals surface area contributed by atoms with Crippen LogP contribution in [0, 0.1) is 22.7 Å². The maximum Gasteiger partial charge on any atom is -0.00950 e. The molecule has 4 aliphatic carbocycles. The van der Waals surface area contributed by atoms with E-state index in [1.54, 1.807) is 6.42 Å². The van der Waals surface area contributed by atoms with Crippen molar-refractivity contribution in [2.45, 2.75) is 12.8 Å². The van der Waals surface area contributed by atoms with Crippen molar-refractivity contribution < 1.29 is 0 Å². The Labute approximate surface area is 48.6 Å². The number of rotatable bonds is 0. The van der Waals surface area contributed by atoms with Crippen LogP contribution in [0.3, 0.4) is 0 Å². The molecule has 0 amide bonds. The lowest BCUT2D eigenvalue weighted by Crippen LogP contribution is -1.92. The molecule has 0 aromatic carbocycles. The molecule has 0 aromatic rings. The van der Waals surface area contributed by atoms with Crippen molar-refractivity contribution in [1.82, 2.24) is 0 Å². The monoisotopic (exact) mass is 104 g/mol. The highest BCUT2D eigenvalue weighted by Crippen LogP contribution is 3.11. The Balaban J connectivity index is 2.06. The van der Waals surface area contributed by atoms with Gasteiger partial charge in [-0.2, -0.15) is 0 Å². The molecule has 3 saturated carbocycles. The lowest BCUT2D eigenvalue weighted by atomic mass is 10.1. The summed E-state index contributed by atoms with van der Waals surface area (Å²) in [7, 11) is 0. The molecule has 2 spiro atoms. The average molecular weight is 104 g/mol. The molecule has 0 aliphatic heterocycles. The molecule has 8 heavy (non-hydrogen) atoms. The summed E-state index contributed by atoms with van der Waals surface area (Å²) in [4.78, 5) is 0. The Bertz CT molecular complexity index is 228.